The van der Waals surface area contributed by atoms with Crippen LogP contribution in [0.2, 0.25) is 0 Å². The number of benzene rings is 2. The molecule has 3 aromatic heterocycles. The fourth-order valence-corrected chi connectivity index (χ4v) is 3.71. The maximum atomic E-state index is 13.5. The lowest BCUT2D eigenvalue weighted by Gasteiger charge is -2.12. The number of anilines is 2. The van der Waals surface area contributed by atoms with Crippen LogP contribution in [0.1, 0.15) is 11.3 Å². The summed E-state index contributed by atoms with van der Waals surface area (Å²) in [6, 6.07) is 11.6. The minimum Gasteiger partial charge on any atom is -0.439 e. The number of nitrogens with zero attached hydrogens (tertiary/aromatic N) is 5. The summed E-state index contributed by atoms with van der Waals surface area (Å²) in [5.41, 5.74) is -0.493. The average molecular weight is 525 g/mol. The predicted molar refractivity (Wildman–Crippen MR) is 130 cm³/mol. The van der Waals surface area contributed by atoms with Crippen molar-refractivity contribution >= 4 is 28.4 Å². The number of nitrogens with one attached hydrogen (secondary N) is 2. The number of alkyl halides is 3. The minimum absolute atomic E-state index is 0.192. The van der Waals surface area contributed by atoms with Gasteiger partial charge in [-0.25, -0.2) is 19.2 Å². The van der Waals surface area contributed by atoms with E-state index in [9.17, 15) is 22.4 Å². The number of ether oxygens (including phenoxy) is 1. The van der Waals surface area contributed by atoms with Gasteiger partial charge in [-0.15, -0.1) is 0 Å². The Bertz CT molecular complexity index is 1630. The van der Waals surface area contributed by atoms with E-state index in [1.807, 2.05) is 19.3 Å². The summed E-state index contributed by atoms with van der Waals surface area (Å²) >= 11 is 0. The van der Waals surface area contributed by atoms with Crippen molar-refractivity contribution in [2.75, 3.05) is 10.6 Å². The molecule has 0 aliphatic heterocycles. The fourth-order valence-electron chi connectivity index (χ4n) is 3.71. The van der Waals surface area contributed by atoms with Crippen LogP contribution in [0.15, 0.2) is 73.3 Å². The molecule has 38 heavy (non-hydrogen) atoms. The number of rotatable bonds is 6. The Labute approximate surface area is 212 Å². The molecule has 0 radical (unpaired) electrons. The van der Waals surface area contributed by atoms with Crippen molar-refractivity contribution in [1.29, 1.82) is 0 Å². The molecule has 2 N–H and O–H groups in total. The molecule has 0 saturated heterocycles. The van der Waals surface area contributed by atoms with Crippen LogP contribution >= 0.6 is 0 Å². The number of aryl methyl sites for hydroxylation is 1. The molecule has 9 nitrogen and oxygen atoms in total. The first-order valence-corrected chi connectivity index (χ1v) is 11.2. The number of hydrogen-bond acceptors (Lipinski definition) is 6. The molecule has 0 fully saturated rings. The number of fused-ring (bicyclic) bond motifs is 1. The zero-order valence-electron chi connectivity index (χ0n) is 19.7. The van der Waals surface area contributed by atoms with Crippen LogP contribution < -0.4 is 15.4 Å². The zero-order chi connectivity index (χ0) is 26.9. The molecule has 5 rings (SSSR count). The van der Waals surface area contributed by atoms with Gasteiger partial charge in [0.25, 0.3) is 0 Å². The quantitative estimate of drug-likeness (QED) is 0.272. The van der Waals surface area contributed by atoms with Crippen LogP contribution in [0.4, 0.5) is 33.9 Å². The van der Waals surface area contributed by atoms with E-state index in [0.717, 1.165) is 6.07 Å². The molecule has 0 aliphatic carbocycles. The van der Waals surface area contributed by atoms with Crippen LogP contribution in [-0.2, 0) is 19.8 Å². The highest BCUT2D eigenvalue weighted by molar-refractivity contribution is 5.98. The third-order valence-electron chi connectivity index (χ3n) is 5.49. The summed E-state index contributed by atoms with van der Waals surface area (Å²) in [6.45, 7) is 0.408. The van der Waals surface area contributed by atoms with Crippen LogP contribution in [0.5, 0.6) is 11.6 Å². The van der Waals surface area contributed by atoms with Crippen LogP contribution in [-0.4, -0.2) is 30.3 Å². The lowest BCUT2D eigenvalue weighted by atomic mass is 10.2. The summed E-state index contributed by atoms with van der Waals surface area (Å²) < 4.78 is 61.3. The van der Waals surface area contributed by atoms with Gasteiger partial charge < -0.3 is 15.4 Å². The van der Waals surface area contributed by atoms with Gasteiger partial charge in [-0.1, -0.05) is 0 Å². The van der Waals surface area contributed by atoms with Crippen molar-refractivity contribution in [3.63, 3.8) is 0 Å². The molecule has 13 heteroatoms. The van der Waals surface area contributed by atoms with Crippen molar-refractivity contribution in [3.05, 3.63) is 90.4 Å². The number of aromatic nitrogens is 5. The van der Waals surface area contributed by atoms with Crippen LogP contribution in [0.25, 0.3) is 10.9 Å². The third-order valence-corrected chi connectivity index (χ3v) is 5.49. The van der Waals surface area contributed by atoms with Gasteiger partial charge in [-0.05, 0) is 42.5 Å². The van der Waals surface area contributed by atoms with Crippen molar-refractivity contribution in [1.82, 2.24) is 24.3 Å². The average Bonchev–Trinajstić information content (AvgIpc) is 3.49. The third kappa shape index (κ3) is 5.40. The van der Waals surface area contributed by atoms with E-state index < -0.39 is 23.6 Å². The van der Waals surface area contributed by atoms with Gasteiger partial charge in [0.2, 0.25) is 5.88 Å². The van der Waals surface area contributed by atoms with E-state index in [-0.39, 0.29) is 5.69 Å². The van der Waals surface area contributed by atoms with Crippen LogP contribution in [0, 0.1) is 5.82 Å². The molecule has 0 unspecified atom stereocenters. The number of hydrogen-bond donors (Lipinski definition) is 2. The topological polar surface area (TPSA) is 98.9 Å². The summed E-state index contributed by atoms with van der Waals surface area (Å²) in [4.78, 5) is 21.1. The first kappa shape index (κ1) is 24.7. The molecule has 0 bridgehead atoms. The van der Waals surface area contributed by atoms with Gasteiger partial charge in [0, 0.05) is 42.6 Å². The van der Waals surface area contributed by atoms with Crippen molar-refractivity contribution < 1.29 is 27.1 Å². The number of halogens is 4. The minimum atomic E-state index is -4.89. The maximum absolute atomic E-state index is 13.5. The molecule has 2 aromatic carbocycles. The Morgan fingerprint density at radius 1 is 1.03 bits per heavy atom. The monoisotopic (exact) mass is 525 g/mol. The Morgan fingerprint density at radius 3 is 2.63 bits per heavy atom. The molecule has 0 aliphatic rings. The lowest BCUT2D eigenvalue weighted by molar-refractivity contribution is -0.139. The Balaban J connectivity index is 1.28. The molecular formula is C25H19F4N7O2. The van der Waals surface area contributed by atoms with Gasteiger partial charge >= 0.3 is 12.2 Å². The van der Waals surface area contributed by atoms with E-state index in [1.165, 1.54) is 17.1 Å². The van der Waals surface area contributed by atoms with Gasteiger partial charge in [0.05, 0.1) is 23.3 Å². The van der Waals surface area contributed by atoms with E-state index in [2.05, 4.69) is 25.7 Å². The first-order valence-electron chi connectivity index (χ1n) is 11.2. The van der Waals surface area contributed by atoms with Gasteiger partial charge in [0.15, 0.2) is 0 Å². The zero-order valence-corrected chi connectivity index (χ0v) is 19.7. The predicted octanol–water partition coefficient (Wildman–Crippen LogP) is 5.81. The highest BCUT2D eigenvalue weighted by atomic mass is 19.4. The number of carbonyl (C=O) groups is 1. The van der Waals surface area contributed by atoms with Crippen molar-refractivity contribution in [2.45, 2.75) is 12.7 Å². The highest BCUT2D eigenvalue weighted by Crippen LogP contribution is 2.33. The fraction of sp³-hybridized carbons (Fsp3) is 0.120. The molecule has 1 amide bonds. The second kappa shape index (κ2) is 9.84. The Kier molecular flexibility index (Phi) is 6.41. The Hall–Kier alpha value is -4.94. The van der Waals surface area contributed by atoms with Gasteiger partial charge in [-0.2, -0.15) is 18.3 Å². The molecule has 194 valence electrons. The second-order valence-electron chi connectivity index (χ2n) is 8.21. The summed E-state index contributed by atoms with van der Waals surface area (Å²) in [5.74, 6) is 0.0417. The largest absolute Gasteiger partial charge is 0.439 e. The van der Waals surface area contributed by atoms with E-state index in [0.29, 0.717) is 52.7 Å². The SMILES string of the molecule is Cn1ccc(NCc2cc(Oc3ccc4c(ccn4C(=O)Nc4ccc(F)c(C(F)(F)F)c4)c3)ncn2)n1. The summed E-state index contributed by atoms with van der Waals surface area (Å²) in [7, 11) is 1.82. The van der Waals surface area contributed by atoms with E-state index in [1.54, 1.807) is 35.0 Å². The lowest BCUT2D eigenvalue weighted by Crippen LogP contribution is -2.19. The van der Waals surface area contributed by atoms with E-state index >= 15 is 0 Å². The van der Waals surface area contributed by atoms with Crippen molar-refractivity contribution in [3.8, 4) is 11.6 Å². The second-order valence-corrected chi connectivity index (χ2v) is 8.21. The van der Waals surface area contributed by atoms with Gasteiger partial charge in [-0.3, -0.25) is 9.25 Å². The number of amides is 1. The smallest absolute Gasteiger partial charge is 0.419 e. The Morgan fingerprint density at radius 2 is 1.87 bits per heavy atom. The summed E-state index contributed by atoms with van der Waals surface area (Å²) in [6.07, 6.45) is -0.231. The molecule has 0 saturated carbocycles. The normalized spacial score (nSPS) is 11.5. The first-order chi connectivity index (χ1) is 18.2. The molecular weight excluding hydrogens is 506 g/mol. The summed E-state index contributed by atoms with van der Waals surface area (Å²) in [5, 5.41) is 10.4. The molecule has 3 heterocycles. The maximum Gasteiger partial charge on any atom is 0.419 e. The molecule has 5 aromatic rings. The van der Waals surface area contributed by atoms with Crippen molar-refractivity contribution in [2.24, 2.45) is 7.05 Å². The number of carbonyl (C=O) groups excluding carboxylic acids is 1. The van der Waals surface area contributed by atoms with Crippen LogP contribution in [0.3, 0.4) is 0 Å². The molecule has 0 spiro atoms. The molecule has 0 atom stereocenters. The van der Waals surface area contributed by atoms with Gasteiger partial charge in [0.1, 0.15) is 23.7 Å². The van der Waals surface area contributed by atoms with E-state index in [4.69, 9.17) is 4.74 Å². The standard InChI is InChI=1S/C25H19F4N7O2/c1-35-8-7-22(34-35)30-13-17-12-23(32-14-31-17)38-18-3-5-21-15(10-18)6-9-36(21)24(37)33-16-2-4-20(26)19(11-16)25(27,28)29/h2-12,14H,13H2,1H3,(H,30,34)(H,33,37). The highest BCUT2D eigenvalue weighted by Gasteiger charge is 2.34.